The number of benzene rings is 3. The molecule has 0 aliphatic heterocycles. The first-order valence-electron chi connectivity index (χ1n) is 9.92. The highest BCUT2D eigenvalue weighted by Gasteiger charge is 2.07. The monoisotopic (exact) mass is 414 g/mol. The third-order valence-corrected chi connectivity index (χ3v) is 4.72. The molecule has 0 bridgehead atoms. The van der Waals surface area contributed by atoms with Crippen LogP contribution < -0.4 is 15.4 Å². The summed E-state index contributed by atoms with van der Waals surface area (Å²) in [5, 5.41) is 5.35. The van der Waals surface area contributed by atoms with Crippen molar-refractivity contribution in [3.63, 3.8) is 0 Å². The number of carbonyl (C=O) groups is 2. The van der Waals surface area contributed by atoms with Crippen LogP contribution in [0, 0.1) is 0 Å². The maximum atomic E-state index is 12.0. The van der Waals surface area contributed by atoms with E-state index in [-0.39, 0.29) is 25.0 Å². The molecule has 0 atom stereocenters. The molecule has 31 heavy (non-hydrogen) atoms. The van der Waals surface area contributed by atoms with Crippen molar-refractivity contribution in [1.82, 2.24) is 20.2 Å². The zero-order valence-corrected chi connectivity index (χ0v) is 16.8. The molecule has 0 spiro atoms. The predicted octanol–water partition coefficient (Wildman–Crippen LogP) is 2.84. The number of para-hydroxylation sites is 3. The Morgan fingerprint density at radius 3 is 2.39 bits per heavy atom. The van der Waals surface area contributed by atoms with E-state index in [4.69, 9.17) is 4.74 Å². The molecule has 2 N–H and O–H groups in total. The summed E-state index contributed by atoms with van der Waals surface area (Å²) in [6, 6.07) is 24.9. The highest BCUT2D eigenvalue weighted by molar-refractivity contribution is 5.85. The zero-order chi connectivity index (χ0) is 21.5. The van der Waals surface area contributed by atoms with Gasteiger partial charge in [-0.2, -0.15) is 0 Å². The molecule has 7 heteroatoms. The van der Waals surface area contributed by atoms with Gasteiger partial charge < -0.3 is 15.4 Å². The van der Waals surface area contributed by atoms with Crippen LogP contribution >= 0.6 is 0 Å². The first-order chi connectivity index (χ1) is 15.2. The van der Waals surface area contributed by atoms with Crippen molar-refractivity contribution < 1.29 is 14.3 Å². The van der Waals surface area contributed by atoms with Gasteiger partial charge in [0.05, 0.1) is 17.6 Å². The second-order valence-electron chi connectivity index (χ2n) is 6.92. The molecule has 0 saturated carbocycles. The second kappa shape index (κ2) is 9.58. The molecule has 0 unspecified atom stereocenters. The minimum atomic E-state index is -0.351. The van der Waals surface area contributed by atoms with Crippen molar-refractivity contribution in [3.05, 3.63) is 90.8 Å². The number of nitrogens with one attached hydrogen (secondary N) is 2. The van der Waals surface area contributed by atoms with Gasteiger partial charge in [0.2, 0.25) is 5.91 Å². The Morgan fingerprint density at radius 2 is 1.58 bits per heavy atom. The van der Waals surface area contributed by atoms with Crippen LogP contribution in [0.1, 0.15) is 5.56 Å². The average Bonchev–Trinajstić information content (AvgIpc) is 3.25. The predicted molar refractivity (Wildman–Crippen MR) is 118 cm³/mol. The largest absolute Gasteiger partial charge is 0.484 e. The zero-order valence-electron chi connectivity index (χ0n) is 16.8. The fourth-order valence-corrected chi connectivity index (χ4v) is 3.10. The highest BCUT2D eigenvalue weighted by atomic mass is 16.5. The Hall–Kier alpha value is -4.13. The number of hydrogen-bond donors (Lipinski definition) is 2. The lowest BCUT2D eigenvalue weighted by Crippen LogP contribution is -2.38. The second-order valence-corrected chi connectivity index (χ2v) is 6.92. The SMILES string of the molecule is O=C(CNC(=O)COc1ccccc1)NCc1ccc(-n2cnc3ccccc32)cc1. The lowest BCUT2D eigenvalue weighted by Gasteiger charge is -2.09. The summed E-state index contributed by atoms with van der Waals surface area (Å²) < 4.78 is 7.37. The molecule has 2 amide bonds. The van der Waals surface area contributed by atoms with Gasteiger partial charge in [0.25, 0.3) is 5.91 Å². The molecule has 7 nitrogen and oxygen atoms in total. The molecule has 0 aliphatic rings. The van der Waals surface area contributed by atoms with Gasteiger partial charge in [-0.15, -0.1) is 0 Å². The molecule has 156 valence electrons. The van der Waals surface area contributed by atoms with Gasteiger partial charge in [-0.25, -0.2) is 4.98 Å². The number of ether oxygens (including phenoxy) is 1. The minimum absolute atomic E-state index is 0.101. The first-order valence-corrected chi connectivity index (χ1v) is 9.92. The quantitative estimate of drug-likeness (QED) is 0.464. The topological polar surface area (TPSA) is 85.3 Å². The maximum Gasteiger partial charge on any atom is 0.258 e. The van der Waals surface area contributed by atoms with Crippen molar-refractivity contribution in [2.45, 2.75) is 6.54 Å². The molecule has 4 aromatic rings. The highest BCUT2D eigenvalue weighted by Crippen LogP contribution is 2.18. The van der Waals surface area contributed by atoms with Gasteiger partial charge >= 0.3 is 0 Å². The summed E-state index contributed by atoms with van der Waals surface area (Å²) in [7, 11) is 0. The van der Waals surface area contributed by atoms with Crippen LogP contribution in [0.3, 0.4) is 0 Å². The van der Waals surface area contributed by atoms with Gasteiger partial charge in [-0.1, -0.05) is 42.5 Å². The van der Waals surface area contributed by atoms with E-state index >= 15 is 0 Å². The number of hydrogen-bond acceptors (Lipinski definition) is 4. The van der Waals surface area contributed by atoms with Gasteiger partial charge in [-0.3, -0.25) is 14.2 Å². The summed E-state index contributed by atoms with van der Waals surface area (Å²) >= 11 is 0. The molecule has 1 heterocycles. The van der Waals surface area contributed by atoms with Crippen LogP contribution in [0.25, 0.3) is 16.7 Å². The standard InChI is InChI=1S/C24H22N4O3/c29-23(15-26-24(30)16-31-20-6-2-1-3-7-20)25-14-18-10-12-19(13-11-18)28-17-27-21-8-4-5-9-22(21)28/h1-13,17H,14-16H2,(H,25,29)(H,26,30). The summed E-state index contributed by atoms with van der Waals surface area (Å²) in [6.45, 7) is 0.137. The molecule has 0 fully saturated rings. The number of fused-ring (bicyclic) bond motifs is 1. The van der Waals surface area contributed by atoms with E-state index in [1.165, 1.54) is 0 Å². The van der Waals surface area contributed by atoms with Crippen LogP contribution in [0.5, 0.6) is 5.75 Å². The van der Waals surface area contributed by atoms with Crippen molar-refractivity contribution in [3.8, 4) is 11.4 Å². The average molecular weight is 414 g/mol. The van der Waals surface area contributed by atoms with E-state index < -0.39 is 0 Å². The third kappa shape index (κ3) is 5.27. The molecular weight excluding hydrogens is 392 g/mol. The molecule has 0 aliphatic carbocycles. The Labute approximate surface area is 179 Å². The van der Waals surface area contributed by atoms with E-state index in [0.717, 1.165) is 22.3 Å². The molecular formula is C24H22N4O3. The molecule has 0 radical (unpaired) electrons. The van der Waals surface area contributed by atoms with Crippen molar-refractivity contribution >= 4 is 22.8 Å². The number of rotatable bonds is 8. The number of imidazole rings is 1. The van der Waals surface area contributed by atoms with Crippen LogP contribution in [0.4, 0.5) is 0 Å². The van der Waals surface area contributed by atoms with Crippen molar-refractivity contribution in [2.75, 3.05) is 13.2 Å². The van der Waals surface area contributed by atoms with Gasteiger partial charge in [0.15, 0.2) is 6.61 Å². The van der Waals surface area contributed by atoms with Crippen molar-refractivity contribution in [1.29, 1.82) is 0 Å². The normalized spacial score (nSPS) is 10.6. The van der Waals surface area contributed by atoms with Gasteiger partial charge in [0.1, 0.15) is 12.1 Å². The lowest BCUT2D eigenvalue weighted by atomic mass is 10.2. The molecule has 4 rings (SSSR count). The molecule has 1 aromatic heterocycles. The summed E-state index contributed by atoms with van der Waals surface area (Å²) in [5.74, 6) is -0.0112. The van der Waals surface area contributed by atoms with Crippen molar-refractivity contribution in [2.24, 2.45) is 0 Å². The Balaban J connectivity index is 1.23. The van der Waals surface area contributed by atoms with Crippen LogP contribution in [-0.4, -0.2) is 34.5 Å². The van der Waals surface area contributed by atoms with Gasteiger partial charge in [-0.05, 0) is 42.0 Å². The number of nitrogens with zero attached hydrogens (tertiary/aromatic N) is 2. The summed E-state index contributed by atoms with van der Waals surface area (Å²) in [6.07, 6.45) is 1.80. The molecule has 0 saturated heterocycles. The molecule has 3 aromatic carbocycles. The fourth-order valence-electron chi connectivity index (χ4n) is 3.10. The van der Waals surface area contributed by atoms with Crippen LogP contribution in [0.2, 0.25) is 0 Å². The smallest absolute Gasteiger partial charge is 0.258 e. The Morgan fingerprint density at radius 1 is 0.839 bits per heavy atom. The van der Waals surface area contributed by atoms with E-state index in [2.05, 4.69) is 15.6 Å². The van der Waals surface area contributed by atoms with E-state index in [9.17, 15) is 9.59 Å². The van der Waals surface area contributed by atoms with E-state index in [0.29, 0.717) is 12.3 Å². The Kier molecular flexibility index (Phi) is 6.23. The summed E-state index contributed by atoms with van der Waals surface area (Å²) in [5.41, 5.74) is 3.93. The fraction of sp³-hybridized carbons (Fsp3) is 0.125. The van der Waals surface area contributed by atoms with Crippen LogP contribution in [-0.2, 0) is 16.1 Å². The number of amides is 2. The van der Waals surface area contributed by atoms with Gasteiger partial charge in [0, 0.05) is 12.2 Å². The minimum Gasteiger partial charge on any atom is -0.484 e. The lowest BCUT2D eigenvalue weighted by molar-refractivity contribution is -0.127. The number of aromatic nitrogens is 2. The number of carbonyl (C=O) groups excluding carboxylic acids is 2. The summed E-state index contributed by atoms with van der Waals surface area (Å²) in [4.78, 5) is 28.2. The van der Waals surface area contributed by atoms with E-state index in [1.54, 1.807) is 18.5 Å². The third-order valence-electron chi connectivity index (χ3n) is 4.72. The van der Waals surface area contributed by atoms with Crippen LogP contribution in [0.15, 0.2) is 85.2 Å². The first kappa shape index (κ1) is 20.2. The maximum absolute atomic E-state index is 12.0. The van der Waals surface area contributed by atoms with E-state index in [1.807, 2.05) is 71.3 Å². The Bertz CT molecular complexity index is 1170.